The first-order chi connectivity index (χ1) is 14.8. The van der Waals surface area contributed by atoms with E-state index in [-0.39, 0.29) is 5.97 Å². The van der Waals surface area contributed by atoms with Gasteiger partial charge in [-0.05, 0) is 62.1 Å². The van der Waals surface area contributed by atoms with Gasteiger partial charge in [0.1, 0.15) is 5.75 Å². The van der Waals surface area contributed by atoms with Crippen molar-refractivity contribution < 1.29 is 26.9 Å². The molecule has 7 nitrogen and oxygen atoms in total. The van der Waals surface area contributed by atoms with Crippen molar-refractivity contribution in [1.29, 1.82) is 0 Å². The standard InChI is InChI=1S/C23H31NO6S/c1-4-28-22(23(25)29-5-2)17-19-11-13-20(14-12-19)24-15-7-9-18-8-6-10-21(16-18)30-31(3,26)27/h6,8,10-14,16,22,24H,4-5,7,9,15,17H2,1-3H3. The number of hydrogen-bond acceptors (Lipinski definition) is 7. The van der Waals surface area contributed by atoms with E-state index in [0.717, 1.165) is 42.5 Å². The zero-order valence-corrected chi connectivity index (χ0v) is 19.1. The molecule has 31 heavy (non-hydrogen) atoms. The van der Waals surface area contributed by atoms with Crippen molar-refractivity contribution in [3.63, 3.8) is 0 Å². The van der Waals surface area contributed by atoms with E-state index >= 15 is 0 Å². The maximum Gasteiger partial charge on any atom is 0.335 e. The van der Waals surface area contributed by atoms with Crippen LogP contribution in [0.5, 0.6) is 5.75 Å². The second-order valence-corrected chi connectivity index (χ2v) is 8.64. The quantitative estimate of drug-likeness (QED) is 0.284. The lowest BCUT2D eigenvalue weighted by atomic mass is 10.1. The number of nitrogens with one attached hydrogen (secondary N) is 1. The molecule has 0 saturated heterocycles. The molecule has 0 aliphatic carbocycles. The fourth-order valence-electron chi connectivity index (χ4n) is 3.07. The van der Waals surface area contributed by atoms with Crippen molar-refractivity contribution >= 4 is 21.8 Å². The monoisotopic (exact) mass is 449 g/mol. The highest BCUT2D eigenvalue weighted by atomic mass is 32.2. The average Bonchev–Trinajstić information content (AvgIpc) is 2.71. The fraction of sp³-hybridized carbons (Fsp3) is 0.435. The summed E-state index contributed by atoms with van der Waals surface area (Å²) in [6, 6.07) is 15.0. The second-order valence-electron chi connectivity index (χ2n) is 7.06. The third-order valence-corrected chi connectivity index (χ3v) is 4.90. The molecule has 0 aliphatic rings. The van der Waals surface area contributed by atoms with Crippen LogP contribution in [0.2, 0.25) is 0 Å². The third-order valence-electron chi connectivity index (χ3n) is 4.41. The number of rotatable bonds is 13. The van der Waals surface area contributed by atoms with Crippen molar-refractivity contribution in [3.8, 4) is 5.75 Å². The molecular weight excluding hydrogens is 418 g/mol. The predicted molar refractivity (Wildman–Crippen MR) is 121 cm³/mol. The Morgan fingerprint density at radius 2 is 1.77 bits per heavy atom. The minimum Gasteiger partial charge on any atom is -0.464 e. The molecule has 2 aromatic carbocycles. The van der Waals surface area contributed by atoms with Crippen LogP contribution in [0.1, 0.15) is 31.4 Å². The molecular formula is C23H31NO6S. The van der Waals surface area contributed by atoms with Crippen LogP contribution < -0.4 is 9.50 Å². The second kappa shape index (κ2) is 12.3. The maximum atomic E-state index is 12.0. The summed E-state index contributed by atoms with van der Waals surface area (Å²) in [5, 5.41) is 3.37. The van der Waals surface area contributed by atoms with Crippen LogP contribution in [0, 0.1) is 0 Å². The van der Waals surface area contributed by atoms with E-state index in [2.05, 4.69) is 5.32 Å². The lowest BCUT2D eigenvalue weighted by Crippen LogP contribution is -2.28. The van der Waals surface area contributed by atoms with E-state index in [9.17, 15) is 13.2 Å². The SMILES string of the molecule is CCOC(=O)C(Cc1ccc(NCCCc2cccc(OS(C)(=O)=O)c2)cc1)OCC. The molecule has 1 atom stereocenters. The number of aryl methyl sites for hydroxylation is 1. The van der Waals surface area contributed by atoms with E-state index in [1.54, 1.807) is 25.1 Å². The van der Waals surface area contributed by atoms with Crippen molar-refractivity contribution in [1.82, 2.24) is 0 Å². The summed E-state index contributed by atoms with van der Waals surface area (Å²) >= 11 is 0. The Labute approximate surface area is 184 Å². The fourth-order valence-corrected chi connectivity index (χ4v) is 3.53. The van der Waals surface area contributed by atoms with Gasteiger partial charge in [-0.3, -0.25) is 0 Å². The minimum absolute atomic E-state index is 0.330. The molecule has 170 valence electrons. The van der Waals surface area contributed by atoms with Crippen molar-refractivity contribution in [2.45, 2.75) is 39.2 Å². The number of carbonyl (C=O) groups is 1. The number of benzene rings is 2. The van der Waals surface area contributed by atoms with Gasteiger partial charge in [-0.1, -0.05) is 24.3 Å². The Morgan fingerprint density at radius 3 is 2.42 bits per heavy atom. The Morgan fingerprint density at radius 1 is 1.03 bits per heavy atom. The smallest absolute Gasteiger partial charge is 0.335 e. The highest BCUT2D eigenvalue weighted by Gasteiger charge is 2.20. The number of anilines is 1. The van der Waals surface area contributed by atoms with E-state index in [4.69, 9.17) is 13.7 Å². The van der Waals surface area contributed by atoms with Gasteiger partial charge in [0.15, 0.2) is 6.10 Å². The summed E-state index contributed by atoms with van der Waals surface area (Å²) in [5.74, 6) is -0.00530. The van der Waals surface area contributed by atoms with Gasteiger partial charge in [0.2, 0.25) is 0 Å². The molecule has 8 heteroatoms. The summed E-state index contributed by atoms with van der Waals surface area (Å²) in [6.45, 7) is 5.18. The van der Waals surface area contributed by atoms with Gasteiger partial charge in [0.25, 0.3) is 0 Å². The van der Waals surface area contributed by atoms with Gasteiger partial charge in [0.05, 0.1) is 12.9 Å². The molecule has 0 amide bonds. The van der Waals surface area contributed by atoms with E-state index in [1.165, 1.54) is 0 Å². The van der Waals surface area contributed by atoms with Crippen LogP contribution in [0.3, 0.4) is 0 Å². The van der Waals surface area contributed by atoms with E-state index in [0.29, 0.717) is 25.4 Å². The molecule has 0 heterocycles. The topological polar surface area (TPSA) is 90.9 Å². The van der Waals surface area contributed by atoms with Gasteiger partial charge >= 0.3 is 16.1 Å². The normalized spacial score (nSPS) is 12.2. The maximum absolute atomic E-state index is 12.0. The predicted octanol–water partition coefficient (Wildman–Crippen LogP) is 3.58. The summed E-state index contributed by atoms with van der Waals surface area (Å²) in [5.41, 5.74) is 3.00. The van der Waals surface area contributed by atoms with Gasteiger partial charge in [-0.2, -0.15) is 8.42 Å². The molecule has 2 rings (SSSR count). The molecule has 1 N–H and O–H groups in total. The van der Waals surface area contributed by atoms with E-state index < -0.39 is 16.2 Å². The Bertz CT molecular complexity index is 927. The zero-order chi connectivity index (χ0) is 22.7. The summed E-state index contributed by atoms with van der Waals surface area (Å²) < 4.78 is 38.0. The number of hydrogen-bond donors (Lipinski definition) is 1. The van der Waals surface area contributed by atoms with Gasteiger partial charge < -0.3 is 19.0 Å². The molecule has 0 radical (unpaired) electrons. The molecule has 0 aromatic heterocycles. The lowest BCUT2D eigenvalue weighted by molar-refractivity contribution is -0.156. The van der Waals surface area contributed by atoms with Crippen LogP contribution in [0.15, 0.2) is 48.5 Å². The van der Waals surface area contributed by atoms with Gasteiger partial charge in [0, 0.05) is 25.3 Å². The average molecular weight is 450 g/mol. The van der Waals surface area contributed by atoms with Crippen molar-refractivity contribution in [3.05, 3.63) is 59.7 Å². The minimum atomic E-state index is -3.52. The van der Waals surface area contributed by atoms with Crippen molar-refractivity contribution in [2.24, 2.45) is 0 Å². The summed E-state index contributed by atoms with van der Waals surface area (Å²) in [4.78, 5) is 12.0. The first kappa shape index (κ1) is 24.7. The highest BCUT2D eigenvalue weighted by Crippen LogP contribution is 2.17. The van der Waals surface area contributed by atoms with Crippen LogP contribution in [0.4, 0.5) is 5.69 Å². The molecule has 2 aromatic rings. The Hall–Kier alpha value is -2.58. The van der Waals surface area contributed by atoms with Crippen LogP contribution in [0.25, 0.3) is 0 Å². The van der Waals surface area contributed by atoms with Crippen LogP contribution in [-0.2, 0) is 37.2 Å². The Balaban J connectivity index is 1.81. The Kier molecular flexibility index (Phi) is 9.81. The number of carbonyl (C=O) groups excluding carboxylic acids is 1. The summed E-state index contributed by atoms with van der Waals surface area (Å²) in [6.07, 6.45) is 2.58. The lowest BCUT2D eigenvalue weighted by Gasteiger charge is -2.16. The molecule has 0 saturated carbocycles. The first-order valence-electron chi connectivity index (χ1n) is 10.4. The zero-order valence-electron chi connectivity index (χ0n) is 18.3. The van der Waals surface area contributed by atoms with Gasteiger partial charge in [-0.25, -0.2) is 4.79 Å². The molecule has 1 unspecified atom stereocenters. The van der Waals surface area contributed by atoms with Crippen molar-refractivity contribution in [2.75, 3.05) is 31.3 Å². The van der Waals surface area contributed by atoms with Crippen LogP contribution >= 0.6 is 0 Å². The largest absolute Gasteiger partial charge is 0.464 e. The highest BCUT2D eigenvalue weighted by molar-refractivity contribution is 7.86. The summed E-state index contributed by atoms with van der Waals surface area (Å²) in [7, 11) is -3.52. The van der Waals surface area contributed by atoms with Gasteiger partial charge in [-0.15, -0.1) is 0 Å². The number of esters is 1. The molecule has 0 spiro atoms. The van der Waals surface area contributed by atoms with Crippen LogP contribution in [-0.4, -0.2) is 46.5 Å². The number of ether oxygens (including phenoxy) is 2. The third kappa shape index (κ3) is 9.40. The first-order valence-corrected chi connectivity index (χ1v) is 12.2. The molecule has 0 aliphatic heterocycles. The molecule has 0 bridgehead atoms. The molecule has 0 fully saturated rings. The van der Waals surface area contributed by atoms with E-state index in [1.807, 2.05) is 37.3 Å².